The molecule has 2 amide bonds. The minimum atomic E-state index is -3.68. The Morgan fingerprint density at radius 2 is 1.81 bits per heavy atom. The van der Waals surface area contributed by atoms with E-state index >= 15 is 0 Å². The molecule has 0 aliphatic rings. The fourth-order valence-corrected chi connectivity index (χ4v) is 4.66. The van der Waals surface area contributed by atoms with Crippen LogP contribution in [0.5, 0.6) is 0 Å². The Hall–Kier alpha value is -1.97. The summed E-state index contributed by atoms with van der Waals surface area (Å²) in [6.45, 7) is 7.72. The first-order chi connectivity index (χ1) is 12.1. The molecule has 0 fully saturated rings. The number of hydrogen-bond donors (Lipinski definition) is 3. The maximum atomic E-state index is 12.6. The average molecular weight is 397 g/mol. The van der Waals surface area contributed by atoms with Crippen LogP contribution in [-0.2, 0) is 23.1 Å². The second-order valence-corrected chi connectivity index (χ2v) is 9.82. The van der Waals surface area contributed by atoms with E-state index in [0.29, 0.717) is 12.1 Å². The highest BCUT2D eigenvalue weighted by atomic mass is 32.2. The van der Waals surface area contributed by atoms with E-state index in [-0.39, 0.29) is 17.5 Å². The van der Waals surface area contributed by atoms with Crippen molar-refractivity contribution in [2.24, 2.45) is 0 Å². The number of rotatable bonds is 6. The molecule has 0 saturated carbocycles. The van der Waals surface area contributed by atoms with E-state index in [1.165, 1.54) is 17.4 Å². The molecule has 0 atom stereocenters. The number of carbonyl (C=O) groups is 1. The average Bonchev–Trinajstić information content (AvgIpc) is 2.94. The lowest BCUT2D eigenvalue weighted by Gasteiger charge is -2.21. The third kappa shape index (κ3) is 6.08. The molecule has 0 unspecified atom stereocenters. The van der Waals surface area contributed by atoms with E-state index in [1.54, 1.807) is 45.2 Å². The summed E-state index contributed by atoms with van der Waals surface area (Å²) >= 11 is 1.51. The smallest absolute Gasteiger partial charge is 0.315 e. The molecule has 7 nitrogen and oxygen atoms in total. The highest BCUT2D eigenvalue weighted by Crippen LogP contribution is 2.17. The van der Waals surface area contributed by atoms with Crippen LogP contribution in [0.4, 0.5) is 4.79 Å². The van der Waals surface area contributed by atoms with Gasteiger partial charge < -0.3 is 10.6 Å². The molecule has 0 aliphatic heterocycles. The standard InChI is InChI=1S/C17H24N4O3S2/c1-12-18-10-14(25-12)11-20-16(22)19-9-13-7-5-6-8-15(13)26(23,24)21-17(2,3)4/h5-8,10,21H,9,11H2,1-4H3,(H2,19,20,22). The van der Waals surface area contributed by atoms with Gasteiger partial charge in [0.2, 0.25) is 10.0 Å². The topological polar surface area (TPSA) is 100 Å². The SMILES string of the molecule is Cc1ncc(CNC(=O)NCc2ccccc2S(=O)(=O)NC(C)(C)C)s1. The van der Waals surface area contributed by atoms with E-state index in [2.05, 4.69) is 20.3 Å². The number of sulfonamides is 1. The van der Waals surface area contributed by atoms with Gasteiger partial charge in [0, 0.05) is 23.2 Å². The number of benzene rings is 1. The van der Waals surface area contributed by atoms with Crippen LogP contribution in [0.25, 0.3) is 0 Å². The molecule has 2 aromatic rings. The van der Waals surface area contributed by atoms with Gasteiger partial charge in [-0.3, -0.25) is 0 Å². The number of hydrogen-bond acceptors (Lipinski definition) is 5. The minimum absolute atomic E-state index is 0.106. The monoisotopic (exact) mass is 396 g/mol. The Morgan fingerprint density at radius 3 is 2.42 bits per heavy atom. The van der Waals surface area contributed by atoms with Gasteiger partial charge in [0.15, 0.2) is 0 Å². The van der Waals surface area contributed by atoms with Crippen LogP contribution in [0.3, 0.4) is 0 Å². The Balaban J connectivity index is 2.00. The zero-order valence-electron chi connectivity index (χ0n) is 15.3. The lowest BCUT2D eigenvalue weighted by Crippen LogP contribution is -2.41. The molecular formula is C17H24N4O3S2. The Labute approximate surface area is 158 Å². The Bertz CT molecular complexity index is 870. The van der Waals surface area contributed by atoms with Gasteiger partial charge in [-0.15, -0.1) is 11.3 Å². The normalized spacial score (nSPS) is 12.0. The molecule has 0 spiro atoms. The van der Waals surface area contributed by atoms with Gasteiger partial charge in [-0.1, -0.05) is 18.2 Å². The van der Waals surface area contributed by atoms with Gasteiger partial charge in [0.05, 0.1) is 16.4 Å². The van der Waals surface area contributed by atoms with Crippen LogP contribution in [-0.4, -0.2) is 25.0 Å². The number of amides is 2. The summed E-state index contributed by atoms with van der Waals surface area (Å²) in [5.74, 6) is 0. The first kappa shape index (κ1) is 20.3. The van der Waals surface area contributed by atoms with Gasteiger partial charge in [0.1, 0.15) is 0 Å². The molecule has 1 heterocycles. The van der Waals surface area contributed by atoms with Gasteiger partial charge >= 0.3 is 6.03 Å². The Morgan fingerprint density at radius 1 is 1.15 bits per heavy atom. The number of nitrogens with one attached hydrogen (secondary N) is 3. The summed E-state index contributed by atoms with van der Waals surface area (Å²) in [6.07, 6.45) is 1.72. The number of carbonyl (C=O) groups excluding carboxylic acids is 1. The first-order valence-corrected chi connectivity index (χ1v) is 10.4. The second-order valence-electron chi connectivity index (χ2n) is 6.85. The van der Waals surface area contributed by atoms with Crippen LogP contribution in [0.15, 0.2) is 35.4 Å². The number of thiazole rings is 1. The van der Waals surface area contributed by atoms with Crippen LogP contribution in [0.1, 0.15) is 36.2 Å². The van der Waals surface area contributed by atoms with Crippen molar-refractivity contribution in [2.75, 3.05) is 0 Å². The van der Waals surface area contributed by atoms with Gasteiger partial charge in [-0.2, -0.15) is 0 Å². The molecule has 0 radical (unpaired) electrons. The number of aromatic nitrogens is 1. The van der Waals surface area contributed by atoms with E-state index in [9.17, 15) is 13.2 Å². The predicted octanol–water partition coefficient (Wildman–Crippen LogP) is 2.53. The predicted molar refractivity (Wildman–Crippen MR) is 102 cm³/mol. The second kappa shape index (κ2) is 8.15. The van der Waals surface area contributed by atoms with Crippen molar-refractivity contribution in [3.8, 4) is 0 Å². The van der Waals surface area contributed by atoms with E-state index in [1.807, 2.05) is 6.92 Å². The fourth-order valence-electron chi connectivity index (χ4n) is 2.26. The van der Waals surface area contributed by atoms with Crippen LogP contribution >= 0.6 is 11.3 Å². The minimum Gasteiger partial charge on any atom is -0.334 e. The largest absolute Gasteiger partial charge is 0.334 e. The Kier molecular flexibility index (Phi) is 6.38. The van der Waals surface area contributed by atoms with Crippen molar-refractivity contribution in [1.82, 2.24) is 20.3 Å². The number of urea groups is 1. The molecule has 0 saturated heterocycles. The summed E-state index contributed by atoms with van der Waals surface area (Å²) in [6, 6.07) is 6.25. The lowest BCUT2D eigenvalue weighted by atomic mass is 10.1. The molecule has 1 aromatic heterocycles. The van der Waals surface area contributed by atoms with Crippen molar-refractivity contribution in [3.63, 3.8) is 0 Å². The van der Waals surface area contributed by atoms with Crippen LogP contribution in [0.2, 0.25) is 0 Å². The molecule has 26 heavy (non-hydrogen) atoms. The van der Waals surface area contributed by atoms with E-state index < -0.39 is 15.6 Å². The van der Waals surface area contributed by atoms with Crippen molar-refractivity contribution in [1.29, 1.82) is 0 Å². The molecular weight excluding hydrogens is 372 g/mol. The molecule has 0 aliphatic carbocycles. The van der Waals surface area contributed by atoms with Crippen LogP contribution < -0.4 is 15.4 Å². The summed E-state index contributed by atoms with van der Waals surface area (Å²) in [4.78, 5) is 17.2. The van der Waals surface area contributed by atoms with E-state index in [4.69, 9.17) is 0 Å². The molecule has 0 bridgehead atoms. The van der Waals surface area contributed by atoms with Crippen molar-refractivity contribution in [2.45, 2.75) is 51.2 Å². The zero-order chi connectivity index (χ0) is 19.4. The summed E-state index contributed by atoms with van der Waals surface area (Å²) < 4.78 is 27.8. The molecule has 3 N–H and O–H groups in total. The highest BCUT2D eigenvalue weighted by Gasteiger charge is 2.24. The molecule has 9 heteroatoms. The maximum absolute atomic E-state index is 12.6. The van der Waals surface area contributed by atoms with E-state index in [0.717, 1.165) is 9.88 Å². The molecule has 1 aromatic carbocycles. The third-order valence-corrected chi connectivity index (χ3v) is 6.01. The lowest BCUT2D eigenvalue weighted by molar-refractivity contribution is 0.240. The van der Waals surface area contributed by atoms with Gasteiger partial charge in [0.25, 0.3) is 0 Å². The summed E-state index contributed by atoms with van der Waals surface area (Å²) in [7, 11) is -3.68. The van der Waals surface area contributed by atoms with Crippen molar-refractivity contribution < 1.29 is 13.2 Å². The zero-order valence-corrected chi connectivity index (χ0v) is 16.9. The van der Waals surface area contributed by atoms with Crippen molar-refractivity contribution in [3.05, 3.63) is 45.9 Å². The third-order valence-electron chi connectivity index (χ3n) is 3.23. The molecule has 142 valence electrons. The number of nitrogens with zero attached hydrogens (tertiary/aromatic N) is 1. The first-order valence-electron chi connectivity index (χ1n) is 8.12. The van der Waals surface area contributed by atoms with Crippen molar-refractivity contribution >= 4 is 27.4 Å². The number of aryl methyl sites for hydroxylation is 1. The quantitative estimate of drug-likeness (QED) is 0.698. The molecule has 2 rings (SSSR count). The van der Waals surface area contributed by atoms with Gasteiger partial charge in [-0.25, -0.2) is 22.9 Å². The fraction of sp³-hybridized carbons (Fsp3) is 0.412. The summed E-state index contributed by atoms with van der Waals surface area (Å²) in [5, 5.41) is 6.37. The maximum Gasteiger partial charge on any atom is 0.315 e. The van der Waals surface area contributed by atoms with Crippen LogP contribution in [0, 0.1) is 6.92 Å². The van der Waals surface area contributed by atoms with Gasteiger partial charge in [-0.05, 0) is 39.3 Å². The summed E-state index contributed by atoms with van der Waals surface area (Å²) in [5.41, 5.74) is -0.0723. The highest BCUT2D eigenvalue weighted by molar-refractivity contribution is 7.89.